The van der Waals surface area contributed by atoms with Gasteiger partial charge in [0.15, 0.2) is 6.61 Å². The molecular formula is C23H31NO3. The number of carbonyl (C=O) groups is 1. The van der Waals surface area contributed by atoms with Gasteiger partial charge < -0.3 is 14.8 Å². The lowest BCUT2D eigenvalue weighted by Crippen LogP contribution is -2.20. The maximum atomic E-state index is 12.1. The SMILES string of the molecule is CCCCOc1ccc(NC(=O)COc2ccc(C(C)(C)CC)cc2)cc1. The summed E-state index contributed by atoms with van der Waals surface area (Å²) in [4.78, 5) is 12.1. The molecule has 0 aromatic heterocycles. The Hall–Kier alpha value is -2.49. The second kappa shape index (κ2) is 10.0. The molecule has 0 saturated carbocycles. The lowest BCUT2D eigenvalue weighted by atomic mass is 9.82. The van der Waals surface area contributed by atoms with E-state index in [1.807, 2.05) is 36.4 Å². The lowest BCUT2D eigenvalue weighted by molar-refractivity contribution is -0.118. The first-order chi connectivity index (χ1) is 12.9. The first kappa shape index (κ1) is 20.8. The highest BCUT2D eigenvalue weighted by atomic mass is 16.5. The first-order valence-corrected chi connectivity index (χ1v) is 9.70. The molecule has 0 spiro atoms. The molecule has 2 rings (SSSR count). The third-order valence-corrected chi connectivity index (χ3v) is 4.79. The van der Waals surface area contributed by atoms with Crippen LogP contribution in [-0.2, 0) is 10.2 Å². The molecule has 2 aromatic carbocycles. The van der Waals surface area contributed by atoms with Crippen molar-refractivity contribution in [3.05, 3.63) is 54.1 Å². The van der Waals surface area contributed by atoms with Gasteiger partial charge in [-0.05, 0) is 60.2 Å². The molecule has 1 amide bonds. The molecule has 146 valence electrons. The second-order valence-electron chi connectivity index (χ2n) is 7.33. The summed E-state index contributed by atoms with van der Waals surface area (Å²) in [5, 5.41) is 2.83. The topological polar surface area (TPSA) is 47.6 Å². The molecule has 0 bridgehead atoms. The van der Waals surface area contributed by atoms with Crippen LogP contribution in [0, 0.1) is 0 Å². The number of ether oxygens (including phenoxy) is 2. The first-order valence-electron chi connectivity index (χ1n) is 9.70. The summed E-state index contributed by atoms with van der Waals surface area (Å²) in [6.07, 6.45) is 3.21. The Balaban J connectivity index is 1.80. The molecule has 2 aromatic rings. The summed E-state index contributed by atoms with van der Waals surface area (Å²) in [6, 6.07) is 15.4. The standard InChI is InChI=1S/C23H31NO3/c1-5-7-16-26-20-14-10-19(11-15-20)24-22(25)17-27-21-12-8-18(9-13-21)23(3,4)6-2/h8-15H,5-7,16-17H2,1-4H3,(H,24,25). The average Bonchev–Trinajstić information content (AvgIpc) is 2.68. The zero-order valence-electron chi connectivity index (χ0n) is 16.9. The van der Waals surface area contributed by atoms with Crippen LogP contribution >= 0.6 is 0 Å². The smallest absolute Gasteiger partial charge is 0.262 e. The number of benzene rings is 2. The Bertz CT molecular complexity index is 705. The summed E-state index contributed by atoms with van der Waals surface area (Å²) in [5.41, 5.74) is 2.14. The van der Waals surface area contributed by atoms with E-state index in [0.717, 1.165) is 30.7 Å². The Morgan fingerprint density at radius 3 is 2.11 bits per heavy atom. The van der Waals surface area contributed by atoms with Crippen molar-refractivity contribution in [3.8, 4) is 11.5 Å². The molecule has 0 aliphatic rings. The van der Waals surface area contributed by atoms with E-state index in [2.05, 4.69) is 45.1 Å². The summed E-state index contributed by atoms with van der Waals surface area (Å²) in [6.45, 7) is 9.44. The predicted molar refractivity (Wildman–Crippen MR) is 111 cm³/mol. The number of nitrogens with one attached hydrogen (secondary N) is 1. The van der Waals surface area contributed by atoms with Gasteiger partial charge in [0.25, 0.3) is 5.91 Å². The van der Waals surface area contributed by atoms with E-state index < -0.39 is 0 Å². The van der Waals surface area contributed by atoms with Crippen LogP contribution in [0.3, 0.4) is 0 Å². The van der Waals surface area contributed by atoms with Crippen molar-refractivity contribution >= 4 is 11.6 Å². The zero-order chi connectivity index (χ0) is 19.7. The van der Waals surface area contributed by atoms with Crippen molar-refractivity contribution in [2.24, 2.45) is 0 Å². The Morgan fingerprint density at radius 1 is 0.926 bits per heavy atom. The van der Waals surface area contributed by atoms with Gasteiger partial charge in [-0.15, -0.1) is 0 Å². The maximum Gasteiger partial charge on any atom is 0.262 e. The third-order valence-electron chi connectivity index (χ3n) is 4.79. The van der Waals surface area contributed by atoms with Crippen LogP contribution in [0.2, 0.25) is 0 Å². The van der Waals surface area contributed by atoms with E-state index in [-0.39, 0.29) is 17.9 Å². The van der Waals surface area contributed by atoms with Gasteiger partial charge >= 0.3 is 0 Å². The highest BCUT2D eigenvalue weighted by Crippen LogP contribution is 2.28. The minimum atomic E-state index is -0.187. The van der Waals surface area contributed by atoms with Gasteiger partial charge in [0.2, 0.25) is 0 Å². The molecular weight excluding hydrogens is 338 g/mol. The largest absolute Gasteiger partial charge is 0.494 e. The number of anilines is 1. The average molecular weight is 370 g/mol. The number of unbranched alkanes of at least 4 members (excludes halogenated alkanes) is 1. The Kier molecular flexibility index (Phi) is 7.71. The normalized spacial score (nSPS) is 11.1. The Morgan fingerprint density at radius 2 is 1.52 bits per heavy atom. The molecule has 0 fully saturated rings. The number of hydrogen-bond acceptors (Lipinski definition) is 3. The highest BCUT2D eigenvalue weighted by Gasteiger charge is 2.17. The molecule has 4 heteroatoms. The number of carbonyl (C=O) groups excluding carboxylic acids is 1. The molecule has 0 atom stereocenters. The molecule has 27 heavy (non-hydrogen) atoms. The summed E-state index contributed by atoms with van der Waals surface area (Å²) >= 11 is 0. The minimum absolute atomic E-state index is 0.0226. The van der Waals surface area contributed by atoms with Crippen molar-refractivity contribution < 1.29 is 14.3 Å². The van der Waals surface area contributed by atoms with Crippen molar-refractivity contribution in [2.75, 3.05) is 18.5 Å². The molecule has 1 N–H and O–H groups in total. The molecule has 0 aliphatic carbocycles. The monoisotopic (exact) mass is 369 g/mol. The van der Waals surface area contributed by atoms with Gasteiger partial charge in [-0.3, -0.25) is 4.79 Å². The number of hydrogen-bond donors (Lipinski definition) is 1. The van der Waals surface area contributed by atoms with Crippen LogP contribution in [0.1, 0.15) is 52.5 Å². The van der Waals surface area contributed by atoms with Crippen LogP contribution in [0.5, 0.6) is 11.5 Å². The zero-order valence-corrected chi connectivity index (χ0v) is 16.9. The van der Waals surface area contributed by atoms with Crippen LogP contribution in [0.4, 0.5) is 5.69 Å². The van der Waals surface area contributed by atoms with Crippen LogP contribution in [-0.4, -0.2) is 19.1 Å². The maximum absolute atomic E-state index is 12.1. The summed E-state index contributed by atoms with van der Waals surface area (Å²) in [5.74, 6) is 1.32. The van der Waals surface area contributed by atoms with E-state index in [1.54, 1.807) is 0 Å². The molecule has 4 nitrogen and oxygen atoms in total. The van der Waals surface area contributed by atoms with E-state index in [9.17, 15) is 4.79 Å². The van der Waals surface area contributed by atoms with Crippen molar-refractivity contribution in [1.82, 2.24) is 0 Å². The molecule has 0 unspecified atom stereocenters. The van der Waals surface area contributed by atoms with Crippen LogP contribution < -0.4 is 14.8 Å². The van der Waals surface area contributed by atoms with Crippen molar-refractivity contribution in [2.45, 2.75) is 52.4 Å². The summed E-state index contributed by atoms with van der Waals surface area (Å²) in [7, 11) is 0. The predicted octanol–water partition coefficient (Wildman–Crippen LogP) is 5.57. The highest BCUT2D eigenvalue weighted by molar-refractivity contribution is 5.91. The van der Waals surface area contributed by atoms with Crippen LogP contribution in [0.15, 0.2) is 48.5 Å². The molecule has 0 aliphatic heterocycles. The fourth-order valence-electron chi connectivity index (χ4n) is 2.52. The van der Waals surface area contributed by atoms with Gasteiger partial charge in [0.1, 0.15) is 11.5 Å². The van der Waals surface area contributed by atoms with Gasteiger partial charge in [-0.1, -0.05) is 46.2 Å². The van der Waals surface area contributed by atoms with Crippen LogP contribution in [0.25, 0.3) is 0 Å². The van der Waals surface area contributed by atoms with Crippen molar-refractivity contribution in [1.29, 1.82) is 0 Å². The van der Waals surface area contributed by atoms with Crippen molar-refractivity contribution in [3.63, 3.8) is 0 Å². The quantitative estimate of drug-likeness (QED) is 0.557. The van der Waals surface area contributed by atoms with E-state index in [1.165, 1.54) is 5.56 Å². The number of rotatable bonds is 10. The van der Waals surface area contributed by atoms with Gasteiger partial charge in [-0.25, -0.2) is 0 Å². The second-order valence-corrected chi connectivity index (χ2v) is 7.33. The number of amides is 1. The van der Waals surface area contributed by atoms with Gasteiger partial charge in [-0.2, -0.15) is 0 Å². The summed E-state index contributed by atoms with van der Waals surface area (Å²) < 4.78 is 11.2. The minimum Gasteiger partial charge on any atom is -0.494 e. The lowest BCUT2D eigenvalue weighted by Gasteiger charge is -2.23. The molecule has 0 heterocycles. The fourth-order valence-corrected chi connectivity index (χ4v) is 2.52. The third kappa shape index (κ3) is 6.63. The van der Waals surface area contributed by atoms with E-state index in [4.69, 9.17) is 9.47 Å². The molecule has 0 radical (unpaired) electrons. The van der Waals surface area contributed by atoms with E-state index in [0.29, 0.717) is 12.4 Å². The van der Waals surface area contributed by atoms with Gasteiger partial charge in [0, 0.05) is 5.69 Å². The van der Waals surface area contributed by atoms with E-state index >= 15 is 0 Å². The van der Waals surface area contributed by atoms with Gasteiger partial charge in [0.05, 0.1) is 6.61 Å². The molecule has 0 saturated heterocycles. The fraction of sp³-hybridized carbons (Fsp3) is 0.435. The Labute approximate surface area is 162 Å².